The molecule has 0 saturated heterocycles. The zero-order chi connectivity index (χ0) is 12.0. The quantitative estimate of drug-likeness (QED) is 0.793. The molecule has 0 aliphatic heterocycles. The monoisotopic (exact) mass is 242 g/mol. The Balaban J connectivity index is 2.54. The van der Waals surface area contributed by atoms with Crippen LogP contribution < -0.4 is 5.32 Å². The minimum atomic E-state index is 0.590. The number of nitrogens with zero attached hydrogens (tertiary/aromatic N) is 1. The zero-order valence-corrected chi connectivity index (χ0v) is 11.4. The van der Waals surface area contributed by atoms with Crippen LogP contribution in [0, 0.1) is 0 Å². The van der Waals surface area contributed by atoms with Gasteiger partial charge >= 0.3 is 0 Å². The summed E-state index contributed by atoms with van der Waals surface area (Å²) in [5.74, 6) is 2.21. The van der Waals surface area contributed by atoms with Crippen molar-refractivity contribution in [3.05, 3.63) is 23.7 Å². The van der Waals surface area contributed by atoms with Gasteiger partial charge in [-0.3, -0.25) is 4.90 Å². The van der Waals surface area contributed by atoms with Crippen molar-refractivity contribution in [1.82, 2.24) is 10.2 Å². The third-order valence-electron chi connectivity index (χ3n) is 2.76. The smallest absolute Gasteiger partial charge is 0.122 e. The summed E-state index contributed by atoms with van der Waals surface area (Å²) in [5, 5.41) is 3.12. The van der Waals surface area contributed by atoms with Crippen LogP contribution in [0.25, 0.3) is 0 Å². The summed E-state index contributed by atoms with van der Waals surface area (Å²) in [5.41, 5.74) is 1.28. The molecule has 1 N–H and O–H groups in total. The Morgan fingerprint density at radius 2 is 2.31 bits per heavy atom. The number of hydrogen-bond acceptors (Lipinski definition) is 4. The summed E-state index contributed by atoms with van der Waals surface area (Å²) in [7, 11) is 4.10. The average Bonchev–Trinajstić information content (AvgIpc) is 2.67. The summed E-state index contributed by atoms with van der Waals surface area (Å²) >= 11 is 1.89. The van der Waals surface area contributed by atoms with Crippen LogP contribution in [-0.2, 0) is 13.1 Å². The SMILES string of the molecule is CNCc1occc1CN(C)C(C)CSC. The van der Waals surface area contributed by atoms with Crippen LogP contribution in [0.15, 0.2) is 16.7 Å². The van der Waals surface area contributed by atoms with Gasteiger partial charge in [-0.05, 0) is 33.3 Å². The van der Waals surface area contributed by atoms with Gasteiger partial charge in [0.1, 0.15) is 5.76 Å². The first-order chi connectivity index (χ1) is 7.69. The first-order valence-corrected chi connectivity index (χ1v) is 6.97. The molecular weight excluding hydrogens is 220 g/mol. The van der Waals surface area contributed by atoms with E-state index in [1.54, 1.807) is 6.26 Å². The molecule has 0 fully saturated rings. The van der Waals surface area contributed by atoms with Gasteiger partial charge in [0.25, 0.3) is 0 Å². The van der Waals surface area contributed by atoms with E-state index >= 15 is 0 Å². The largest absolute Gasteiger partial charge is 0.468 e. The van der Waals surface area contributed by atoms with Crippen molar-refractivity contribution in [2.45, 2.75) is 26.1 Å². The average molecular weight is 242 g/mol. The molecule has 92 valence electrons. The van der Waals surface area contributed by atoms with Gasteiger partial charge in [0.2, 0.25) is 0 Å². The number of furan rings is 1. The second kappa shape index (κ2) is 6.99. The highest BCUT2D eigenvalue weighted by Gasteiger charge is 2.12. The Morgan fingerprint density at radius 1 is 1.56 bits per heavy atom. The summed E-state index contributed by atoms with van der Waals surface area (Å²) in [6.45, 7) is 4.01. The Kier molecular flexibility index (Phi) is 5.95. The van der Waals surface area contributed by atoms with Crippen LogP contribution in [0.5, 0.6) is 0 Å². The number of thioether (sulfide) groups is 1. The van der Waals surface area contributed by atoms with Gasteiger partial charge in [-0.25, -0.2) is 0 Å². The molecular formula is C12H22N2OS. The second-order valence-corrected chi connectivity index (χ2v) is 5.03. The molecule has 1 rings (SSSR count). The predicted molar refractivity (Wildman–Crippen MR) is 70.8 cm³/mol. The fourth-order valence-corrected chi connectivity index (χ4v) is 2.35. The lowest BCUT2D eigenvalue weighted by Crippen LogP contribution is -2.30. The highest BCUT2D eigenvalue weighted by molar-refractivity contribution is 7.98. The molecule has 1 unspecified atom stereocenters. The van der Waals surface area contributed by atoms with Gasteiger partial charge < -0.3 is 9.73 Å². The van der Waals surface area contributed by atoms with E-state index in [4.69, 9.17) is 4.42 Å². The maximum atomic E-state index is 5.45. The number of rotatable bonds is 7. The molecule has 3 nitrogen and oxygen atoms in total. The van der Waals surface area contributed by atoms with Gasteiger partial charge in [0, 0.05) is 23.9 Å². The van der Waals surface area contributed by atoms with Crippen molar-refractivity contribution in [1.29, 1.82) is 0 Å². The maximum absolute atomic E-state index is 5.45. The van der Waals surface area contributed by atoms with Crippen molar-refractivity contribution in [2.75, 3.05) is 26.1 Å². The molecule has 0 amide bonds. The Hall–Kier alpha value is -0.450. The second-order valence-electron chi connectivity index (χ2n) is 4.12. The van der Waals surface area contributed by atoms with E-state index in [1.807, 2.05) is 18.8 Å². The summed E-state index contributed by atoms with van der Waals surface area (Å²) in [6.07, 6.45) is 3.92. The van der Waals surface area contributed by atoms with Crippen molar-refractivity contribution in [2.24, 2.45) is 0 Å². The third-order valence-corrected chi connectivity index (χ3v) is 3.57. The van der Waals surface area contributed by atoms with Gasteiger partial charge in [-0.2, -0.15) is 11.8 Å². The first kappa shape index (κ1) is 13.6. The van der Waals surface area contributed by atoms with E-state index in [0.29, 0.717) is 6.04 Å². The normalized spacial score (nSPS) is 13.3. The Bertz CT molecular complexity index is 301. The fourth-order valence-electron chi connectivity index (χ4n) is 1.62. The molecule has 0 aliphatic carbocycles. The fraction of sp³-hybridized carbons (Fsp3) is 0.667. The molecule has 0 saturated carbocycles. The Morgan fingerprint density at radius 3 is 2.94 bits per heavy atom. The first-order valence-electron chi connectivity index (χ1n) is 5.58. The van der Waals surface area contributed by atoms with E-state index in [-0.39, 0.29) is 0 Å². The van der Waals surface area contributed by atoms with Gasteiger partial charge in [-0.15, -0.1) is 0 Å². The standard InChI is InChI=1S/C12H22N2OS/c1-10(9-16-4)14(3)8-11-5-6-15-12(11)7-13-2/h5-6,10,13H,7-9H2,1-4H3. The van der Waals surface area contributed by atoms with Gasteiger partial charge in [0.15, 0.2) is 0 Å². The predicted octanol–water partition coefficient (Wildman–Crippen LogP) is 2.18. The highest BCUT2D eigenvalue weighted by Crippen LogP contribution is 2.14. The van der Waals surface area contributed by atoms with E-state index in [1.165, 1.54) is 5.56 Å². The third kappa shape index (κ3) is 3.85. The van der Waals surface area contributed by atoms with E-state index in [2.05, 4.69) is 36.5 Å². The molecule has 4 heteroatoms. The Labute approximate surface area is 103 Å². The minimum absolute atomic E-state index is 0.590. The molecule has 0 bridgehead atoms. The molecule has 0 radical (unpaired) electrons. The molecule has 0 aromatic carbocycles. The summed E-state index contributed by atoms with van der Waals surface area (Å²) in [6, 6.07) is 2.65. The lowest BCUT2D eigenvalue weighted by molar-refractivity contribution is 0.267. The van der Waals surface area contributed by atoms with E-state index in [9.17, 15) is 0 Å². The van der Waals surface area contributed by atoms with Crippen LogP contribution in [0.4, 0.5) is 0 Å². The van der Waals surface area contributed by atoms with Crippen LogP contribution in [0.3, 0.4) is 0 Å². The zero-order valence-electron chi connectivity index (χ0n) is 10.6. The molecule has 0 aliphatic rings. The molecule has 16 heavy (non-hydrogen) atoms. The van der Waals surface area contributed by atoms with E-state index in [0.717, 1.165) is 24.6 Å². The van der Waals surface area contributed by atoms with Crippen molar-refractivity contribution < 1.29 is 4.42 Å². The molecule has 1 aromatic heterocycles. The maximum Gasteiger partial charge on any atom is 0.122 e. The topological polar surface area (TPSA) is 28.4 Å². The van der Waals surface area contributed by atoms with Gasteiger partial charge in [-0.1, -0.05) is 0 Å². The van der Waals surface area contributed by atoms with Crippen LogP contribution in [0.2, 0.25) is 0 Å². The van der Waals surface area contributed by atoms with Crippen molar-refractivity contribution in [3.63, 3.8) is 0 Å². The van der Waals surface area contributed by atoms with Gasteiger partial charge in [0.05, 0.1) is 12.8 Å². The molecule has 1 atom stereocenters. The highest BCUT2D eigenvalue weighted by atomic mass is 32.2. The van der Waals surface area contributed by atoms with E-state index < -0.39 is 0 Å². The van der Waals surface area contributed by atoms with Crippen LogP contribution in [0.1, 0.15) is 18.2 Å². The number of hydrogen-bond donors (Lipinski definition) is 1. The molecule has 0 spiro atoms. The van der Waals surface area contributed by atoms with Crippen LogP contribution in [-0.4, -0.2) is 37.0 Å². The van der Waals surface area contributed by atoms with Crippen LogP contribution >= 0.6 is 11.8 Å². The van der Waals surface area contributed by atoms with Crippen molar-refractivity contribution >= 4 is 11.8 Å². The van der Waals surface area contributed by atoms with Crippen molar-refractivity contribution in [3.8, 4) is 0 Å². The summed E-state index contributed by atoms with van der Waals surface area (Å²) in [4.78, 5) is 2.36. The molecule has 1 aromatic rings. The number of nitrogens with one attached hydrogen (secondary N) is 1. The minimum Gasteiger partial charge on any atom is -0.468 e. The lowest BCUT2D eigenvalue weighted by Gasteiger charge is -2.23. The lowest BCUT2D eigenvalue weighted by atomic mass is 10.2. The summed E-state index contributed by atoms with van der Waals surface area (Å²) < 4.78 is 5.45. The molecule has 1 heterocycles.